The fourth-order valence-electron chi connectivity index (χ4n) is 1.90. The van der Waals surface area contributed by atoms with Crippen LogP contribution in [0.25, 0.3) is 0 Å². The molecule has 21 heavy (non-hydrogen) atoms. The third-order valence-corrected chi connectivity index (χ3v) is 4.14. The molecule has 0 aromatic carbocycles. The summed E-state index contributed by atoms with van der Waals surface area (Å²) in [6.45, 7) is 5.81. The molecule has 0 spiro atoms. The minimum atomic E-state index is -6.00. The maximum atomic E-state index is 9.75. The van der Waals surface area contributed by atoms with Crippen molar-refractivity contribution in [3.63, 3.8) is 0 Å². The van der Waals surface area contributed by atoms with Crippen LogP contribution in [0.5, 0.6) is 0 Å². The van der Waals surface area contributed by atoms with E-state index in [1.807, 2.05) is 0 Å². The Labute approximate surface area is 127 Å². The van der Waals surface area contributed by atoms with E-state index in [0.717, 1.165) is 13.0 Å². The second-order valence-corrected chi connectivity index (χ2v) is 5.75. The highest BCUT2D eigenvalue weighted by Crippen LogP contribution is 2.12. The van der Waals surface area contributed by atoms with E-state index in [1.165, 1.54) is 42.7 Å². The quantitative estimate of drug-likeness (QED) is 0.329. The standard InChI is InChI=1S/C13H24NOS.BF4/c1-3-4-5-6-7-9-14-11-16-13(8-10-15)12(14)2;2-1(3,4)5/h11,15H,3-10H2,1-2H3;/q+1;-1. The van der Waals surface area contributed by atoms with Crippen molar-refractivity contribution in [2.45, 2.75) is 58.9 Å². The molecule has 0 saturated carbocycles. The first-order valence-corrected chi connectivity index (χ1v) is 8.12. The molecule has 0 fully saturated rings. The maximum Gasteiger partial charge on any atom is 0.673 e. The van der Waals surface area contributed by atoms with Crippen molar-refractivity contribution in [1.29, 1.82) is 0 Å². The van der Waals surface area contributed by atoms with Gasteiger partial charge in [0, 0.05) is 26.4 Å². The Balaban J connectivity index is 0.000000690. The van der Waals surface area contributed by atoms with Crippen LogP contribution in [-0.4, -0.2) is 19.0 Å². The lowest BCUT2D eigenvalue weighted by Crippen LogP contribution is -2.34. The van der Waals surface area contributed by atoms with Gasteiger partial charge in [0.2, 0.25) is 5.51 Å². The van der Waals surface area contributed by atoms with Gasteiger partial charge in [-0.1, -0.05) is 37.5 Å². The van der Waals surface area contributed by atoms with Gasteiger partial charge in [0.05, 0.1) is 4.88 Å². The summed E-state index contributed by atoms with van der Waals surface area (Å²) in [7, 11) is -6.00. The molecule has 0 amide bonds. The number of rotatable bonds is 8. The van der Waals surface area contributed by atoms with Gasteiger partial charge in [-0.2, -0.15) is 4.57 Å². The van der Waals surface area contributed by atoms with Crippen LogP contribution >= 0.6 is 11.3 Å². The molecule has 2 nitrogen and oxygen atoms in total. The van der Waals surface area contributed by atoms with Crippen LogP contribution in [0.15, 0.2) is 5.51 Å². The van der Waals surface area contributed by atoms with Crippen LogP contribution in [0.4, 0.5) is 17.3 Å². The molecule has 1 aromatic rings. The zero-order chi connectivity index (χ0) is 16.3. The number of halogens is 4. The summed E-state index contributed by atoms with van der Waals surface area (Å²) in [6.07, 6.45) is 7.46. The molecule has 0 bridgehead atoms. The fraction of sp³-hybridized carbons (Fsp3) is 0.769. The lowest BCUT2D eigenvalue weighted by molar-refractivity contribution is -0.698. The van der Waals surface area contributed by atoms with Gasteiger partial charge in [0.1, 0.15) is 6.54 Å². The van der Waals surface area contributed by atoms with Gasteiger partial charge in [-0.25, -0.2) is 0 Å². The molecule has 1 heterocycles. The lowest BCUT2D eigenvalue weighted by atomic mass is 10.1. The molecule has 0 radical (unpaired) electrons. The van der Waals surface area contributed by atoms with Crippen molar-refractivity contribution >= 4 is 18.6 Å². The topological polar surface area (TPSA) is 24.1 Å². The molecular weight excluding hydrogens is 305 g/mol. The molecule has 0 aliphatic heterocycles. The molecule has 8 heteroatoms. The Hall–Kier alpha value is -0.625. The van der Waals surface area contributed by atoms with E-state index in [0.29, 0.717) is 0 Å². The van der Waals surface area contributed by atoms with Gasteiger partial charge in [0.25, 0.3) is 0 Å². The van der Waals surface area contributed by atoms with Crippen LogP contribution in [0.1, 0.15) is 49.6 Å². The van der Waals surface area contributed by atoms with Gasteiger partial charge in [-0.05, 0) is 6.42 Å². The van der Waals surface area contributed by atoms with E-state index in [1.54, 1.807) is 11.3 Å². The summed E-state index contributed by atoms with van der Waals surface area (Å²) in [5, 5.41) is 8.92. The third kappa shape index (κ3) is 11.7. The third-order valence-electron chi connectivity index (χ3n) is 3.00. The van der Waals surface area contributed by atoms with Crippen molar-refractivity contribution < 1.29 is 26.9 Å². The van der Waals surface area contributed by atoms with Crippen molar-refractivity contribution in [2.75, 3.05) is 6.61 Å². The largest absolute Gasteiger partial charge is 0.673 e. The molecular formula is C13H24BF4NOS. The van der Waals surface area contributed by atoms with Crippen molar-refractivity contribution in [2.24, 2.45) is 0 Å². The summed E-state index contributed by atoms with van der Waals surface area (Å²) in [5.74, 6) is 0. The number of aromatic nitrogens is 1. The minimum absolute atomic E-state index is 0.262. The van der Waals surface area contributed by atoms with E-state index in [2.05, 4.69) is 23.9 Å². The predicted octanol–water partition coefficient (Wildman–Crippen LogP) is 4.15. The average molecular weight is 329 g/mol. The fourth-order valence-corrected chi connectivity index (χ4v) is 2.91. The number of hydrogen-bond acceptors (Lipinski definition) is 2. The van der Waals surface area contributed by atoms with Crippen molar-refractivity contribution in [1.82, 2.24) is 0 Å². The van der Waals surface area contributed by atoms with Gasteiger partial charge in [0.15, 0.2) is 5.69 Å². The summed E-state index contributed by atoms with van der Waals surface area (Å²) in [6, 6.07) is 0. The highest BCUT2D eigenvalue weighted by Gasteiger charge is 2.20. The Kier molecular flexibility index (Phi) is 10.7. The summed E-state index contributed by atoms with van der Waals surface area (Å²) in [4.78, 5) is 1.33. The Morgan fingerprint density at radius 2 is 1.71 bits per heavy atom. The minimum Gasteiger partial charge on any atom is -0.418 e. The first-order chi connectivity index (χ1) is 9.79. The van der Waals surface area contributed by atoms with E-state index >= 15 is 0 Å². The van der Waals surface area contributed by atoms with Crippen LogP contribution in [0, 0.1) is 6.92 Å². The molecule has 0 aliphatic rings. The molecule has 0 atom stereocenters. The highest BCUT2D eigenvalue weighted by atomic mass is 32.1. The number of aliphatic hydroxyl groups is 1. The second kappa shape index (κ2) is 11.0. The van der Waals surface area contributed by atoms with Gasteiger partial charge < -0.3 is 22.4 Å². The normalized spacial score (nSPS) is 11.2. The Bertz CT molecular complexity index is 379. The summed E-state index contributed by atoms with van der Waals surface area (Å²) < 4.78 is 41.3. The highest BCUT2D eigenvalue weighted by molar-refractivity contribution is 7.09. The molecule has 124 valence electrons. The van der Waals surface area contributed by atoms with Crippen molar-refractivity contribution in [3.05, 3.63) is 16.1 Å². The second-order valence-electron chi connectivity index (χ2n) is 4.81. The molecule has 0 aliphatic carbocycles. The first-order valence-electron chi connectivity index (χ1n) is 7.24. The van der Waals surface area contributed by atoms with Gasteiger partial charge in [-0.15, -0.1) is 0 Å². The smallest absolute Gasteiger partial charge is 0.418 e. The monoisotopic (exact) mass is 329 g/mol. The number of unbranched alkanes of at least 4 members (excludes halogenated alkanes) is 4. The molecule has 1 rings (SSSR count). The average Bonchev–Trinajstić information content (AvgIpc) is 2.70. The molecule has 1 aromatic heterocycles. The van der Waals surface area contributed by atoms with Crippen LogP contribution < -0.4 is 4.57 Å². The van der Waals surface area contributed by atoms with Gasteiger partial charge in [-0.3, -0.25) is 0 Å². The van der Waals surface area contributed by atoms with Gasteiger partial charge >= 0.3 is 7.25 Å². The summed E-state index contributed by atoms with van der Waals surface area (Å²) >= 11 is 1.77. The molecule has 0 saturated heterocycles. The summed E-state index contributed by atoms with van der Waals surface area (Å²) in [5.41, 5.74) is 3.54. The molecule has 0 unspecified atom stereocenters. The van der Waals surface area contributed by atoms with Crippen LogP contribution in [-0.2, 0) is 13.0 Å². The van der Waals surface area contributed by atoms with E-state index in [4.69, 9.17) is 5.11 Å². The number of nitrogens with zero attached hydrogens (tertiary/aromatic N) is 1. The van der Waals surface area contributed by atoms with Crippen LogP contribution in [0.2, 0.25) is 0 Å². The maximum absolute atomic E-state index is 9.75. The predicted molar refractivity (Wildman–Crippen MR) is 79.0 cm³/mol. The zero-order valence-electron chi connectivity index (χ0n) is 12.6. The van der Waals surface area contributed by atoms with E-state index in [-0.39, 0.29) is 6.61 Å². The first kappa shape index (κ1) is 20.4. The zero-order valence-corrected chi connectivity index (χ0v) is 13.4. The Morgan fingerprint density at radius 3 is 2.24 bits per heavy atom. The molecule has 1 N–H and O–H groups in total. The number of aryl methyl sites for hydroxylation is 1. The van der Waals surface area contributed by atoms with E-state index in [9.17, 15) is 17.3 Å². The lowest BCUT2D eigenvalue weighted by Gasteiger charge is -1.98. The van der Waals surface area contributed by atoms with Crippen molar-refractivity contribution in [3.8, 4) is 0 Å². The van der Waals surface area contributed by atoms with Crippen LogP contribution in [0.3, 0.4) is 0 Å². The van der Waals surface area contributed by atoms with E-state index < -0.39 is 7.25 Å². The number of aliphatic hydroxyl groups excluding tert-OH is 1. The SMILES string of the molecule is CCCCCCC[n+]1csc(CCO)c1C.F[B-](F)(F)F. The number of thiazole rings is 1. The number of hydrogen-bond donors (Lipinski definition) is 1. The Morgan fingerprint density at radius 1 is 1.14 bits per heavy atom.